The Morgan fingerprint density at radius 2 is 1.78 bits per heavy atom. The van der Waals surface area contributed by atoms with Crippen molar-refractivity contribution in [2.75, 3.05) is 6.54 Å². The molecule has 3 nitrogen and oxygen atoms in total. The van der Waals surface area contributed by atoms with Gasteiger partial charge in [0.1, 0.15) is 0 Å². The molecule has 4 N–H and O–H groups in total. The molecule has 1 rings (SSSR count). The van der Waals surface area contributed by atoms with Gasteiger partial charge in [-0.3, -0.25) is 0 Å². The first-order valence-corrected chi connectivity index (χ1v) is 6.74. The molecule has 102 valence electrons. The van der Waals surface area contributed by atoms with E-state index in [-0.39, 0.29) is 12.1 Å². The van der Waals surface area contributed by atoms with E-state index in [1.165, 1.54) is 0 Å². The molecule has 1 aromatic carbocycles. The molecule has 1 aromatic rings. The predicted molar refractivity (Wildman–Crippen MR) is 76.3 cm³/mol. The molecule has 0 aliphatic heterocycles. The lowest BCUT2D eigenvalue weighted by Gasteiger charge is -2.28. The zero-order chi connectivity index (χ0) is 13.5. The molecule has 0 aliphatic rings. The van der Waals surface area contributed by atoms with Crippen LogP contribution < -0.4 is 11.1 Å². The maximum Gasteiger partial charge on any atom is 0.0681 e. The summed E-state index contributed by atoms with van der Waals surface area (Å²) in [5.41, 5.74) is 7.23. The average molecular weight is 250 g/mol. The van der Waals surface area contributed by atoms with E-state index in [4.69, 9.17) is 5.73 Å². The van der Waals surface area contributed by atoms with Gasteiger partial charge < -0.3 is 16.2 Å². The minimum Gasteiger partial charge on any atom is -0.392 e. The zero-order valence-corrected chi connectivity index (χ0v) is 11.6. The molecule has 3 atom stereocenters. The van der Waals surface area contributed by atoms with E-state index in [1.807, 2.05) is 18.2 Å². The topological polar surface area (TPSA) is 58.3 Å². The molecule has 0 saturated carbocycles. The number of aliphatic hydroxyl groups is 1. The molecular weight excluding hydrogens is 224 g/mol. The van der Waals surface area contributed by atoms with Gasteiger partial charge in [-0.05, 0) is 31.4 Å². The largest absolute Gasteiger partial charge is 0.392 e. The number of hydrogen-bond donors (Lipinski definition) is 3. The molecule has 0 amide bonds. The Kier molecular flexibility index (Phi) is 6.33. The third-order valence-corrected chi connectivity index (χ3v) is 3.19. The summed E-state index contributed by atoms with van der Waals surface area (Å²) >= 11 is 0. The fourth-order valence-corrected chi connectivity index (χ4v) is 1.94. The Morgan fingerprint density at radius 1 is 1.17 bits per heavy atom. The van der Waals surface area contributed by atoms with Crippen LogP contribution in [0.5, 0.6) is 0 Å². The van der Waals surface area contributed by atoms with Crippen molar-refractivity contribution in [2.24, 2.45) is 11.7 Å². The third kappa shape index (κ3) is 4.77. The number of hydrogen-bond acceptors (Lipinski definition) is 3. The predicted octanol–water partition coefficient (Wildman–Crippen LogP) is 2.07. The number of rotatable bonds is 7. The summed E-state index contributed by atoms with van der Waals surface area (Å²) in [7, 11) is 0. The van der Waals surface area contributed by atoms with Gasteiger partial charge in [0, 0.05) is 12.1 Å². The molecule has 3 heteroatoms. The van der Waals surface area contributed by atoms with E-state index in [1.54, 1.807) is 6.92 Å². The molecule has 0 bridgehead atoms. The first-order valence-electron chi connectivity index (χ1n) is 6.74. The number of benzene rings is 1. The maximum absolute atomic E-state index is 9.70. The Hall–Kier alpha value is -0.900. The molecular formula is C15H26N2O. The summed E-state index contributed by atoms with van der Waals surface area (Å²) in [5, 5.41) is 13.2. The minimum absolute atomic E-state index is 0.00458. The summed E-state index contributed by atoms with van der Waals surface area (Å²) < 4.78 is 0. The zero-order valence-electron chi connectivity index (χ0n) is 11.6. The van der Waals surface area contributed by atoms with Crippen molar-refractivity contribution in [2.45, 2.75) is 45.4 Å². The van der Waals surface area contributed by atoms with Crippen molar-refractivity contribution in [1.29, 1.82) is 0 Å². The normalized spacial score (nSPS) is 16.6. The third-order valence-electron chi connectivity index (χ3n) is 3.19. The second kappa shape index (κ2) is 7.52. The standard InChI is InChI=1S/C15H26N2O/c1-11(2)9-10-17-15(14(16)12(3)18)13-7-5-4-6-8-13/h4-8,11-12,14-15,17-18H,9-10,16H2,1-3H3. The van der Waals surface area contributed by atoms with Crippen molar-refractivity contribution in [1.82, 2.24) is 5.32 Å². The van der Waals surface area contributed by atoms with Crippen LogP contribution in [0.25, 0.3) is 0 Å². The maximum atomic E-state index is 9.70. The van der Waals surface area contributed by atoms with Crippen LogP contribution in [0.4, 0.5) is 0 Å². The lowest BCUT2D eigenvalue weighted by Crippen LogP contribution is -2.45. The van der Waals surface area contributed by atoms with Crippen molar-refractivity contribution >= 4 is 0 Å². The van der Waals surface area contributed by atoms with Crippen molar-refractivity contribution in [3.05, 3.63) is 35.9 Å². The Balaban J connectivity index is 2.70. The van der Waals surface area contributed by atoms with E-state index in [9.17, 15) is 5.11 Å². The summed E-state index contributed by atoms with van der Waals surface area (Å²) in [6.07, 6.45) is 0.581. The number of nitrogens with two attached hydrogens (primary N) is 1. The molecule has 0 spiro atoms. The van der Waals surface area contributed by atoms with Gasteiger partial charge in [-0.1, -0.05) is 44.2 Å². The van der Waals surface area contributed by atoms with Crippen molar-refractivity contribution in [3.63, 3.8) is 0 Å². The highest BCUT2D eigenvalue weighted by Gasteiger charge is 2.22. The molecule has 0 heterocycles. The van der Waals surface area contributed by atoms with E-state index >= 15 is 0 Å². The van der Waals surface area contributed by atoms with Crippen LogP contribution in [0.15, 0.2) is 30.3 Å². The van der Waals surface area contributed by atoms with Crippen LogP contribution in [0.3, 0.4) is 0 Å². The summed E-state index contributed by atoms with van der Waals surface area (Å²) in [6, 6.07) is 9.81. The first kappa shape index (κ1) is 15.2. The molecule has 3 unspecified atom stereocenters. The lowest BCUT2D eigenvalue weighted by molar-refractivity contribution is 0.142. The van der Waals surface area contributed by atoms with Gasteiger partial charge in [0.05, 0.1) is 6.10 Å². The van der Waals surface area contributed by atoms with Gasteiger partial charge in [-0.2, -0.15) is 0 Å². The molecule has 0 aliphatic carbocycles. The highest BCUT2D eigenvalue weighted by Crippen LogP contribution is 2.18. The van der Waals surface area contributed by atoms with Crippen LogP contribution in [-0.2, 0) is 0 Å². The smallest absolute Gasteiger partial charge is 0.0681 e. The molecule has 18 heavy (non-hydrogen) atoms. The van der Waals surface area contributed by atoms with Gasteiger partial charge in [-0.25, -0.2) is 0 Å². The van der Waals surface area contributed by atoms with Crippen LogP contribution in [0.1, 0.15) is 38.8 Å². The summed E-state index contributed by atoms with van der Waals surface area (Å²) in [6.45, 7) is 7.06. The quantitative estimate of drug-likeness (QED) is 0.694. The molecule has 0 saturated heterocycles. The van der Waals surface area contributed by atoms with E-state index < -0.39 is 6.10 Å². The van der Waals surface area contributed by atoms with Crippen LogP contribution >= 0.6 is 0 Å². The van der Waals surface area contributed by atoms with E-state index in [0.29, 0.717) is 5.92 Å². The second-order valence-corrected chi connectivity index (χ2v) is 5.34. The number of aliphatic hydroxyl groups excluding tert-OH is 1. The van der Waals surface area contributed by atoms with Gasteiger partial charge in [0.2, 0.25) is 0 Å². The minimum atomic E-state index is -0.526. The Labute approximate surface area is 110 Å². The van der Waals surface area contributed by atoms with Crippen molar-refractivity contribution < 1.29 is 5.11 Å². The number of nitrogens with one attached hydrogen (secondary N) is 1. The van der Waals surface area contributed by atoms with Crippen LogP contribution in [-0.4, -0.2) is 23.8 Å². The highest BCUT2D eigenvalue weighted by atomic mass is 16.3. The van der Waals surface area contributed by atoms with Crippen LogP contribution in [0, 0.1) is 5.92 Å². The fraction of sp³-hybridized carbons (Fsp3) is 0.600. The Morgan fingerprint density at radius 3 is 2.28 bits per heavy atom. The fourth-order valence-electron chi connectivity index (χ4n) is 1.94. The van der Waals surface area contributed by atoms with Crippen molar-refractivity contribution in [3.8, 4) is 0 Å². The summed E-state index contributed by atoms with van der Waals surface area (Å²) in [5.74, 6) is 0.664. The van der Waals surface area contributed by atoms with E-state index in [2.05, 4.69) is 31.3 Å². The summed E-state index contributed by atoms with van der Waals surface area (Å²) in [4.78, 5) is 0. The molecule has 0 radical (unpaired) electrons. The Bertz CT molecular complexity index is 325. The highest BCUT2D eigenvalue weighted by molar-refractivity contribution is 5.21. The van der Waals surface area contributed by atoms with Gasteiger partial charge in [-0.15, -0.1) is 0 Å². The lowest BCUT2D eigenvalue weighted by atomic mass is 9.96. The van der Waals surface area contributed by atoms with Gasteiger partial charge in [0.15, 0.2) is 0 Å². The van der Waals surface area contributed by atoms with Gasteiger partial charge in [0.25, 0.3) is 0 Å². The molecule has 0 fully saturated rings. The molecule has 0 aromatic heterocycles. The van der Waals surface area contributed by atoms with Crippen LogP contribution in [0.2, 0.25) is 0 Å². The monoisotopic (exact) mass is 250 g/mol. The van der Waals surface area contributed by atoms with E-state index in [0.717, 1.165) is 18.5 Å². The average Bonchev–Trinajstić information content (AvgIpc) is 2.34. The first-order chi connectivity index (χ1) is 8.52. The second-order valence-electron chi connectivity index (χ2n) is 5.34. The SMILES string of the molecule is CC(C)CCNC(c1ccccc1)C(N)C(C)O. The van der Waals surface area contributed by atoms with Gasteiger partial charge >= 0.3 is 0 Å².